The first-order chi connectivity index (χ1) is 34.2. The van der Waals surface area contributed by atoms with Crippen LogP contribution < -0.4 is 0 Å². The van der Waals surface area contributed by atoms with E-state index in [1.54, 1.807) is 0 Å². The van der Waals surface area contributed by atoms with Gasteiger partial charge in [0.05, 0.1) is 19.8 Å². The number of rotatable bonds is 50. The quantitative estimate of drug-likeness (QED) is 0.0197. The summed E-state index contributed by atoms with van der Waals surface area (Å²) >= 11 is 0. The number of carbonyl (C=O) groups excluding carboxylic acids is 3. The van der Waals surface area contributed by atoms with Crippen LogP contribution in [0.3, 0.4) is 0 Å². The SMILES string of the molecule is CC/C=C\C/C=C\C/C=C\C/C=C\CCC(=O)OCC(COP(=O)(O)OCC(CO)OC(=O)CCCCCCC/C=C\C/C=C\CCC)OC(=O)CCCCCCCCC/C=C\CCCCCCCC. The standard InChI is InChI=1S/C58H99O11P/c1-4-7-10-13-16-19-22-25-26-27-28-31-34-37-40-43-46-49-58(62)69-55(51-65-56(60)47-44-41-38-35-32-29-23-20-17-14-11-8-5-2)53-67-70(63,64)66-52-54(50-59)68-57(61)48-45-42-39-36-33-30-24-21-18-15-12-9-6-3/h8,11-12,15,17,20-21,24-26,29,32,38,41,54-55,59H,4-7,9-10,13-14,16,18-19,22-23,27-28,30-31,33-37,39-40,42-53H2,1-3H3,(H,63,64)/b11-8-,15-12-,20-17-,24-21-,26-25-,32-29-,41-38-. The van der Waals surface area contributed by atoms with Gasteiger partial charge >= 0.3 is 25.7 Å². The summed E-state index contributed by atoms with van der Waals surface area (Å²) in [6.45, 7) is 4.35. The lowest BCUT2D eigenvalue weighted by molar-refractivity contribution is -0.161. The Kier molecular flexibility index (Phi) is 49.5. The molecular formula is C58H99O11P. The molecule has 0 saturated heterocycles. The normalized spacial score (nSPS) is 14.1. The molecule has 0 saturated carbocycles. The van der Waals surface area contributed by atoms with Gasteiger partial charge in [0.25, 0.3) is 0 Å². The van der Waals surface area contributed by atoms with Gasteiger partial charge in [0.15, 0.2) is 6.10 Å². The summed E-state index contributed by atoms with van der Waals surface area (Å²) in [5.74, 6) is -1.59. The molecule has 70 heavy (non-hydrogen) atoms. The molecule has 0 radical (unpaired) electrons. The summed E-state index contributed by atoms with van der Waals surface area (Å²) in [5.41, 5.74) is 0. The Labute approximate surface area is 426 Å². The van der Waals surface area contributed by atoms with Gasteiger partial charge in [-0.15, -0.1) is 0 Å². The van der Waals surface area contributed by atoms with E-state index in [0.29, 0.717) is 19.3 Å². The first-order valence-corrected chi connectivity index (χ1v) is 29.0. The molecule has 11 nitrogen and oxygen atoms in total. The number of phosphoric acid groups is 1. The van der Waals surface area contributed by atoms with Gasteiger partial charge in [0, 0.05) is 19.3 Å². The van der Waals surface area contributed by atoms with E-state index in [4.69, 9.17) is 23.3 Å². The maximum absolute atomic E-state index is 12.9. The fourth-order valence-corrected chi connectivity index (χ4v) is 7.89. The van der Waals surface area contributed by atoms with Crippen molar-refractivity contribution in [2.24, 2.45) is 0 Å². The van der Waals surface area contributed by atoms with Crippen LogP contribution in [0.1, 0.15) is 226 Å². The van der Waals surface area contributed by atoms with Crippen molar-refractivity contribution in [2.75, 3.05) is 26.4 Å². The second-order valence-corrected chi connectivity index (χ2v) is 19.5. The molecule has 0 heterocycles. The summed E-state index contributed by atoms with van der Waals surface area (Å²) in [6, 6.07) is 0. The minimum Gasteiger partial charge on any atom is -0.462 e. The van der Waals surface area contributed by atoms with E-state index in [1.807, 2.05) is 12.2 Å². The van der Waals surface area contributed by atoms with Gasteiger partial charge < -0.3 is 24.2 Å². The smallest absolute Gasteiger partial charge is 0.462 e. The Balaban J connectivity index is 4.81. The maximum atomic E-state index is 12.9. The summed E-state index contributed by atoms with van der Waals surface area (Å²) in [7, 11) is -4.77. The molecule has 3 atom stereocenters. The van der Waals surface area contributed by atoms with Crippen molar-refractivity contribution in [2.45, 2.75) is 238 Å². The zero-order valence-electron chi connectivity index (χ0n) is 44.2. The topological polar surface area (TPSA) is 155 Å². The van der Waals surface area contributed by atoms with Gasteiger partial charge in [-0.25, -0.2) is 4.57 Å². The monoisotopic (exact) mass is 1000 g/mol. The van der Waals surface area contributed by atoms with Crippen molar-refractivity contribution >= 4 is 25.7 Å². The molecule has 0 fully saturated rings. The molecule has 0 aromatic heterocycles. The molecule has 0 aromatic carbocycles. The number of esters is 3. The number of hydrogen-bond donors (Lipinski definition) is 2. The fraction of sp³-hybridized carbons (Fsp3) is 0.707. The Bertz CT molecular complexity index is 1500. The van der Waals surface area contributed by atoms with Crippen molar-refractivity contribution in [3.8, 4) is 0 Å². The number of ether oxygens (including phenoxy) is 3. The Morgan fingerprint density at radius 3 is 1.27 bits per heavy atom. The molecule has 2 N–H and O–H groups in total. The molecule has 0 amide bonds. The highest BCUT2D eigenvalue weighted by molar-refractivity contribution is 7.47. The van der Waals surface area contributed by atoms with Crippen LogP contribution in [0.4, 0.5) is 0 Å². The van der Waals surface area contributed by atoms with Gasteiger partial charge in [-0.2, -0.15) is 0 Å². The summed E-state index contributed by atoms with van der Waals surface area (Å²) in [4.78, 5) is 48.4. The van der Waals surface area contributed by atoms with Gasteiger partial charge in [0.1, 0.15) is 12.7 Å². The lowest BCUT2D eigenvalue weighted by atomic mass is 10.1. The molecule has 0 aliphatic rings. The van der Waals surface area contributed by atoms with E-state index in [0.717, 1.165) is 109 Å². The Morgan fingerprint density at radius 1 is 0.414 bits per heavy atom. The minimum absolute atomic E-state index is 0.101. The van der Waals surface area contributed by atoms with E-state index in [-0.39, 0.29) is 25.9 Å². The summed E-state index contributed by atoms with van der Waals surface area (Å²) in [5, 5.41) is 9.78. The minimum atomic E-state index is -4.77. The maximum Gasteiger partial charge on any atom is 0.472 e. The van der Waals surface area contributed by atoms with E-state index < -0.39 is 57.8 Å². The third-order valence-electron chi connectivity index (χ3n) is 11.3. The lowest BCUT2D eigenvalue weighted by Crippen LogP contribution is -2.30. The van der Waals surface area contributed by atoms with E-state index in [2.05, 4.69) is 93.7 Å². The van der Waals surface area contributed by atoms with Gasteiger partial charge in [0.2, 0.25) is 0 Å². The molecular weight excluding hydrogens is 904 g/mol. The average molecular weight is 1000 g/mol. The van der Waals surface area contributed by atoms with Crippen molar-refractivity contribution in [1.29, 1.82) is 0 Å². The molecule has 3 unspecified atom stereocenters. The Hall–Kier alpha value is -3.34. The fourth-order valence-electron chi connectivity index (χ4n) is 7.11. The summed E-state index contributed by atoms with van der Waals surface area (Å²) in [6.07, 6.45) is 58.5. The average Bonchev–Trinajstić information content (AvgIpc) is 3.35. The highest BCUT2D eigenvalue weighted by atomic mass is 31.2. The molecule has 0 spiro atoms. The molecule has 12 heteroatoms. The van der Waals surface area contributed by atoms with Crippen molar-refractivity contribution in [3.63, 3.8) is 0 Å². The number of aliphatic hydroxyl groups is 1. The molecule has 0 bridgehead atoms. The molecule has 402 valence electrons. The number of allylic oxidation sites excluding steroid dienone is 14. The lowest BCUT2D eigenvalue weighted by Gasteiger charge is -2.21. The van der Waals surface area contributed by atoms with Gasteiger partial charge in [-0.3, -0.25) is 23.4 Å². The first kappa shape index (κ1) is 66.7. The number of aliphatic hydroxyl groups excluding tert-OH is 1. The van der Waals surface area contributed by atoms with Crippen molar-refractivity contribution < 1.29 is 52.2 Å². The predicted molar refractivity (Wildman–Crippen MR) is 288 cm³/mol. The first-order valence-electron chi connectivity index (χ1n) is 27.5. The predicted octanol–water partition coefficient (Wildman–Crippen LogP) is 15.9. The van der Waals surface area contributed by atoms with Crippen LogP contribution in [0.2, 0.25) is 0 Å². The third-order valence-corrected chi connectivity index (χ3v) is 12.2. The van der Waals surface area contributed by atoms with E-state index in [9.17, 15) is 28.9 Å². The van der Waals surface area contributed by atoms with Crippen molar-refractivity contribution in [1.82, 2.24) is 0 Å². The van der Waals surface area contributed by atoms with Crippen LogP contribution in [-0.2, 0) is 42.2 Å². The van der Waals surface area contributed by atoms with Crippen LogP contribution in [0.25, 0.3) is 0 Å². The molecule has 0 aliphatic heterocycles. The number of hydrogen-bond acceptors (Lipinski definition) is 10. The second-order valence-electron chi connectivity index (χ2n) is 18.0. The number of unbranched alkanes of at least 4 members (excludes halogenated alkanes) is 19. The van der Waals surface area contributed by atoms with Crippen LogP contribution in [0.15, 0.2) is 85.1 Å². The second kappa shape index (κ2) is 52.0. The molecule has 0 rings (SSSR count). The van der Waals surface area contributed by atoms with Gasteiger partial charge in [-0.05, 0) is 96.3 Å². The highest BCUT2D eigenvalue weighted by Gasteiger charge is 2.28. The number of phosphoric ester groups is 1. The van der Waals surface area contributed by atoms with E-state index >= 15 is 0 Å². The molecule has 0 aliphatic carbocycles. The summed E-state index contributed by atoms with van der Waals surface area (Å²) < 4.78 is 39.3. The number of carbonyl (C=O) groups is 3. The Morgan fingerprint density at radius 2 is 0.800 bits per heavy atom. The zero-order valence-corrected chi connectivity index (χ0v) is 45.1. The zero-order chi connectivity index (χ0) is 51.3. The largest absolute Gasteiger partial charge is 0.472 e. The van der Waals surface area contributed by atoms with Crippen LogP contribution >= 0.6 is 7.82 Å². The van der Waals surface area contributed by atoms with Gasteiger partial charge in [-0.1, -0.05) is 196 Å². The van der Waals surface area contributed by atoms with Crippen LogP contribution in [0, 0.1) is 0 Å². The van der Waals surface area contributed by atoms with Crippen LogP contribution in [0.5, 0.6) is 0 Å². The third kappa shape index (κ3) is 49.6. The molecule has 0 aromatic rings. The van der Waals surface area contributed by atoms with Crippen LogP contribution in [-0.4, -0.2) is 66.5 Å². The van der Waals surface area contributed by atoms with E-state index in [1.165, 1.54) is 57.8 Å². The van der Waals surface area contributed by atoms with Crippen molar-refractivity contribution in [3.05, 3.63) is 85.1 Å². The highest BCUT2D eigenvalue weighted by Crippen LogP contribution is 2.43.